The Morgan fingerprint density at radius 3 is 2.67 bits per heavy atom. The zero-order valence-corrected chi connectivity index (χ0v) is 14.5. The molecule has 1 aromatic heterocycles. The molecular weight excluding hydrogens is 313 g/mol. The summed E-state index contributed by atoms with van der Waals surface area (Å²) in [6.45, 7) is 9.20. The summed E-state index contributed by atoms with van der Waals surface area (Å²) in [7, 11) is -1.87. The van der Waals surface area contributed by atoms with Gasteiger partial charge in [-0.2, -0.15) is 0 Å². The van der Waals surface area contributed by atoms with Gasteiger partial charge in [-0.25, -0.2) is 9.78 Å². The van der Waals surface area contributed by atoms with Crippen molar-refractivity contribution in [2.45, 2.75) is 39.3 Å². The SMILES string of the molecule is C[C@@H]1CN(c2cc(OB(O)O)ccn2)CCN1C(=O)OC(C)(C)C. The van der Waals surface area contributed by atoms with E-state index < -0.39 is 12.9 Å². The molecule has 1 atom stereocenters. The lowest BCUT2D eigenvalue weighted by molar-refractivity contribution is 0.0158. The van der Waals surface area contributed by atoms with Crippen LogP contribution in [0.4, 0.5) is 10.6 Å². The third-order valence-electron chi connectivity index (χ3n) is 3.54. The van der Waals surface area contributed by atoms with Crippen molar-refractivity contribution in [3.8, 4) is 5.75 Å². The number of nitrogens with zero attached hydrogens (tertiary/aromatic N) is 3. The highest BCUT2D eigenvalue weighted by Gasteiger charge is 2.31. The molecule has 1 aliphatic rings. The number of piperazine rings is 1. The minimum absolute atomic E-state index is 0.0385. The first-order valence-electron chi connectivity index (χ1n) is 7.89. The summed E-state index contributed by atoms with van der Waals surface area (Å²) in [4.78, 5) is 20.2. The van der Waals surface area contributed by atoms with E-state index in [0.717, 1.165) is 0 Å². The van der Waals surface area contributed by atoms with Gasteiger partial charge < -0.3 is 29.2 Å². The number of amides is 1. The van der Waals surface area contributed by atoms with Crippen LogP contribution in [0.1, 0.15) is 27.7 Å². The Kier molecular flexibility index (Phi) is 5.56. The van der Waals surface area contributed by atoms with Crippen LogP contribution in [-0.2, 0) is 4.74 Å². The van der Waals surface area contributed by atoms with Crippen molar-refractivity contribution in [3.63, 3.8) is 0 Å². The monoisotopic (exact) mass is 337 g/mol. The lowest BCUT2D eigenvalue weighted by Gasteiger charge is -2.40. The molecule has 0 spiro atoms. The minimum atomic E-state index is -1.87. The maximum Gasteiger partial charge on any atom is 0.707 e. The highest BCUT2D eigenvalue weighted by Crippen LogP contribution is 2.22. The number of hydrogen-bond acceptors (Lipinski definition) is 7. The van der Waals surface area contributed by atoms with E-state index in [1.165, 1.54) is 6.20 Å². The fourth-order valence-electron chi connectivity index (χ4n) is 2.53. The number of anilines is 1. The van der Waals surface area contributed by atoms with Crippen molar-refractivity contribution in [2.75, 3.05) is 24.5 Å². The predicted molar refractivity (Wildman–Crippen MR) is 89.7 cm³/mol. The summed E-state index contributed by atoms with van der Waals surface area (Å²) in [6.07, 6.45) is 1.22. The van der Waals surface area contributed by atoms with Crippen LogP contribution in [0.2, 0.25) is 0 Å². The molecule has 2 rings (SSSR count). The normalized spacial score (nSPS) is 18.3. The van der Waals surface area contributed by atoms with Crippen LogP contribution in [0.25, 0.3) is 0 Å². The Balaban J connectivity index is 2.01. The van der Waals surface area contributed by atoms with Crippen LogP contribution < -0.4 is 9.55 Å². The van der Waals surface area contributed by atoms with Crippen LogP contribution in [-0.4, -0.2) is 64.6 Å². The predicted octanol–water partition coefficient (Wildman–Crippen LogP) is 0.875. The average Bonchev–Trinajstić information content (AvgIpc) is 2.44. The van der Waals surface area contributed by atoms with Gasteiger partial charge in [0.15, 0.2) is 0 Å². The van der Waals surface area contributed by atoms with Crippen LogP contribution >= 0.6 is 0 Å². The van der Waals surface area contributed by atoms with Gasteiger partial charge in [-0.3, -0.25) is 0 Å². The zero-order chi connectivity index (χ0) is 17.9. The van der Waals surface area contributed by atoms with E-state index in [9.17, 15) is 4.79 Å². The number of rotatable bonds is 3. The summed E-state index contributed by atoms with van der Waals surface area (Å²) in [5.41, 5.74) is -0.522. The quantitative estimate of drug-likeness (QED) is 0.791. The second-order valence-corrected chi connectivity index (χ2v) is 6.76. The molecule has 24 heavy (non-hydrogen) atoms. The molecule has 0 radical (unpaired) electrons. The molecule has 1 saturated heterocycles. The van der Waals surface area contributed by atoms with Gasteiger partial charge in [-0.1, -0.05) is 0 Å². The van der Waals surface area contributed by atoms with Gasteiger partial charge >= 0.3 is 13.4 Å². The van der Waals surface area contributed by atoms with Crippen molar-refractivity contribution in [2.24, 2.45) is 0 Å². The topological polar surface area (TPSA) is 95.4 Å². The fourth-order valence-corrected chi connectivity index (χ4v) is 2.53. The number of hydrogen-bond donors (Lipinski definition) is 2. The molecule has 132 valence electrons. The highest BCUT2D eigenvalue weighted by molar-refractivity contribution is 6.33. The first kappa shape index (κ1) is 18.3. The van der Waals surface area contributed by atoms with Crippen molar-refractivity contribution in [1.29, 1.82) is 0 Å². The zero-order valence-electron chi connectivity index (χ0n) is 14.5. The summed E-state index contributed by atoms with van der Waals surface area (Å²) in [5.74, 6) is 0.973. The Bertz CT molecular complexity index is 578. The number of ether oxygens (including phenoxy) is 1. The van der Waals surface area contributed by atoms with E-state index >= 15 is 0 Å². The number of aromatic nitrogens is 1. The molecule has 2 heterocycles. The molecule has 0 unspecified atom stereocenters. The van der Waals surface area contributed by atoms with Gasteiger partial charge in [0.25, 0.3) is 0 Å². The van der Waals surface area contributed by atoms with E-state index in [1.54, 1.807) is 17.0 Å². The Hall–Kier alpha value is -2.00. The Labute approximate surface area is 142 Å². The molecule has 0 saturated carbocycles. The van der Waals surface area contributed by atoms with E-state index in [2.05, 4.69) is 4.98 Å². The van der Waals surface area contributed by atoms with E-state index in [0.29, 0.717) is 31.2 Å². The third kappa shape index (κ3) is 5.00. The second-order valence-electron chi connectivity index (χ2n) is 6.76. The minimum Gasteiger partial charge on any atom is -0.512 e. The molecule has 1 aromatic rings. The summed E-state index contributed by atoms with van der Waals surface area (Å²) >= 11 is 0. The highest BCUT2D eigenvalue weighted by atomic mass is 16.6. The first-order valence-corrected chi connectivity index (χ1v) is 7.89. The molecule has 1 aliphatic heterocycles. The number of carbonyl (C=O) groups excluding carboxylic acids is 1. The largest absolute Gasteiger partial charge is 0.707 e. The lowest BCUT2D eigenvalue weighted by atomic mass is 10.2. The first-order chi connectivity index (χ1) is 11.2. The molecule has 1 amide bonds. The molecule has 8 nitrogen and oxygen atoms in total. The summed E-state index contributed by atoms with van der Waals surface area (Å²) in [5, 5.41) is 17.8. The van der Waals surface area contributed by atoms with Gasteiger partial charge in [0.05, 0.1) is 0 Å². The van der Waals surface area contributed by atoms with Crippen LogP contribution in [0.5, 0.6) is 5.75 Å². The van der Waals surface area contributed by atoms with E-state index in [-0.39, 0.29) is 12.1 Å². The van der Waals surface area contributed by atoms with Crippen LogP contribution in [0, 0.1) is 0 Å². The van der Waals surface area contributed by atoms with E-state index in [4.69, 9.17) is 19.4 Å². The lowest BCUT2D eigenvalue weighted by Crippen LogP contribution is -2.55. The van der Waals surface area contributed by atoms with Crippen LogP contribution in [0.3, 0.4) is 0 Å². The smallest absolute Gasteiger partial charge is 0.512 e. The van der Waals surface area contributed by atoms with Crippen molar-refractivity contribution in [1.82, 2.24) is 9.88 Å². The molecule has 1 fully saturated rings. The standard InChI is InChI=1S/C15H24BN3O5/c1-11-10-18(7-8-19(11)14(20)23-15(2,3)4)13-9-12(5-6-17-13)24-16(21)22/h5-6,9,11,21-22H,7-8,10H2,1-4H3/t11-/m1/s1. The molecule has 0 aromatic carbocycles. The molecular formula is C15H24BN3O5. The molecule has 0 bridgehead atoms. The second kappa shape index (κ2) is 7.27. The van der Waals surface area contributed by atoms with Crippen LogP contribution in [0.15, 0.2) is 18.3 Å². The Morgan fingerprint density at radius 1 is 1.38 bits per heavy atom. The maximum absolute atomic E-state index is 12.2. The fraction of sp³-hybridized carbons (Fsp3) is 0.600. The van der Waals surface area contributed by atoms with Gasteiger partial charge in [0.2, 0.25) is 0 Å². The van der Waals surface area contributed by atoms with E-state index in [1.807, 2.05) is 32.6 Å². The van der Waals surface area contributed by atoms with Gasteiger partial charge in [0, 0.05) is 37.9 Å². The van der Waals surface area contributed by atoms with Crippen molar-refractivity contribution >= 4 is 19.2 Å². The van der Waals surface area contributed by atoms with Gasteiger partial charge in [-0.05, 0) is 33.8 Å². The molecule has 0 aliphatic carbocycles. The number of carbonyl (C=O) groups is 1. The summed E-state index contributed by atoms with van der Waals surface area (Å²) in [6, 6.07) is 3.14. The molecule has 2 N–H and O–H groups in total. The van der Waals surface area contributed by atoms with Gasteiger partial charge in [0.1, 0.15) is 17.2 Å². The summed E-state index contributed by atoms with van der Waals surface area (Å²) < 4.78 is 10.3. The average molecular weight is 337 g/mol. The Morgan fingerprint density at radius 2 is 2.08 bits per heavy atom. The number of pyridine rings is 1. The molecule has 9 heteroatoms. The maximum atomic E-state index is 12.2. The van der Waals surface area contributed by atoms with Crippen molar-refractivity contribution < 1.29 is 24.2 Å². The van der Waals surface area contributed by atoms with Crippen molar-refractivity contribution in [3.05, 3.63) is 18.3 Å². The third-order valence-corrected chi connectivity index (χ3v) is 3.54. The van der Waals surface area contributed by atoms with Gasteiger partial charge in [-0.15, -0.1) is 0 Å².